The van der Waals surface area contributed by atoms with Gasteiger partial charge in [0.2, 0.25) is 0 Å². The summed E-state index contributed by atoms with van der Waals surface area (Å²) in [4.78, 5) is 25.4. The number of fused-ring (bicyclic) bond motifs is 1. The van der Waals surface area contributed by atoms with Gasteiger partial charge in [-0.25, -0.2) is 4.98 Å². The summed E-state index contributed by atoms with van der Waals surface area (Å²) in [6.45, 7) is 1.51. The van der Waals surface area contributed by atoms with Crippen molar-refractivity contribution in [1.82, 2.24) is 4.98 Å². The molecule has 1 atom stereocenters. The van der Waals surface area contributed by atoms with Crippen molar-refractivity contribution in [2.45, 2.75) is 13.0 Å². The first-order chi connectivity index (χ1) is 9.00. The molecule has 1 heterocycles. The van der Waals surface area contributed by atoms with E-state index in [1.165, 1.54) is 25.3 Å². The van der Waals surface area contributed by atoms with Crippen LogP contribution in [0.25, 0.3) is 10.9 Å². The highest BCUT2D eigenvalue weighted by Crippen LogP contribution is 2.31. The van der Waals surface area contributed by atoms with E-state index in [0.29, 0.717) is 11.1 Å². The van der Waals surface area contributed by atoms with Crippen LogP contribution in [-0.4, -0.2) is 21.9 Å². The largest absolute Gasteiger partial charge is 0.480 e. The molecule has 0 radical (unpaired) electrons. The van der Waals surface area contributed by atoms with Gasteiger partial charge < -0.3 is 10.5 Å². The molecule has 1 aromatic carbocycles. The molecule has 0 saturated heterocycles. The molecule has 0 aliphatic rings. The van der Waals surface area contributed by atoms with Crippen LogP contribution in [0.2, 0.25) is 0 Å². The van der Waals surface area contributed by atoms with Gasteiger partial charge in [0.15, 0.2) is 11.6 Å². The maximum absolute atomic E-state index is 11.0. The number of non-ortho nitro benzene ring substituents is 1. The Morgan fingerprint density at radius 1 is 1.47 bits per heavy atom. The van der Waals surface area contributed by atoms with E-state index in [1.54, 1.807) is 12.1 Å². The van der Waals surface area contributed by atoms with E-state index in [9.17, 15) is 14.9 Å². The van der Waals surface area contributed by atoms with Crippen LogP contribution < -0.4 is 10.5 Å². The topological polar surface area (TPSA) is 108 Å². The first-order valence-electron chi connectivity index (χ1n) is 5.49. The van der Waals surface area contributed by atoms with Crippen molar-refractivity contribution in [2.24, 2.45) is 5.73 Å². The number of primary amides is 1. The number of aromatic nitrogens is 1. The quantitative estimate of drug-likeness (QED) is 0.660. The molecular formula is C12H11N3O4. The lowest BCUT2D eigenvalue weighted by molar-refractivity contribution is -0.383. The van der Waals surface area contributed by atoms with Gasteiger partial charge in [-0.05, 0) is 25.1 Å². The van der Waals surface area contributed by atoms with Gasteiger partial charge in [-0.2, -0.15) is 0 Å². The minimum absolute atomic E-state index is 0.116. The fraction of sp³-hybridized carbons (Fsp3) is 0.167. The molecule has 0 spiro atoms. The molecule has 0 bridgehead atoms. The molecule has 0 aliphatic heterocycles. The molecule has 2 N–H and O–H groups in total. The molecular weight excluding hydrogens is 250 g/mol. The minimum atomic E-state index is -0.829. The van der Waals surface area contributed by atoms with Gasteiger partial charge in [0, 0.05) is 17.6 Å². The summed E-state index contributed by atoms with van der Waals surface area (Å²) < 4.78 is 5.39. The van der Waals surface area contributed by atoms with Crippen LogP contribution >= 0.6 is 0 Å². The van der Waals surface area contributed by atoms with Crippen LogP contribution in [0, 0.1) is 10.1 Å². The van der Waals surface area contributed by atoms with Crippen LogP contribution in [0.1, 0.15) is 6.92 Å². The Bertz CT molecular complexity index is 656. The van der Waals surface area contributed by atoms with E-state index >= 15 is 0 Å². The predicted octanol–water partition coefficient (Wildman–Crippen LogP) is 1.40. The molecule has 98 valence electrons. The molecule has 0 fully saturated rings. The Morgan fingerprint density at radius 3 is 2.84 bits per heavy atom. The molecule has 7 heteroatoms. The summed E-state index contributed by atoms with van der Waals surface area (Å²) in [5, 5.41) is 11.4. The third-order valence-corrected chi connectivity index (χ3v) is 2.61. The van der Waals surface area contributed by atoms with Crippen LogP contribution in [-0.2, 0) is 4.79 Å². The highest BCUT2D eigenvalue weighted by atomic mass is 16.6. The first kappa shape index (κ1) is 12.7. The molecule has 2 rings (SSSR count). The predicted molar refractivity (Wildman–Crippen MR) is 67.7 cm³/mol. The fourth-order valence-electron chi connectivity index (χ4n) is 1.63. The number of nitro benzene ring substituents is 1. The van der Waals surface area contributed by atoms with Crippen molar-refractivity contribution in [3.05, 3.63) is 40.6 Å². The zero-order valence-corrected chi connectivity index (χ0v) is 10.1. The minimum Gasteiger partial charge on any atom is -0.480 e. The number of carbonyl (C=O) groups excluding carboxylic acids is 1. The number of benzene rings is 1. The van der Waals surface area contributed by atoms with Crippen molar-refractivity contribution >= 4 is 22.5 Å². The lowest BCUT2D eigenvalue weighted by Crippen LogP contribution is -2.30. The SMILES string of the molecule is CC(Oc1ccc([N+](=O)[O-])c2ncccc12)C(N)=O. The lowest BCUT2D eigenvalue weighted by atomic mass is 10.1. The normalized spacial score (nSPS) is 12.1. The summed E-state index contributed by atoms with van der Waals surface area (Å²) in [7, 11) is 0. The fourth-order valence-corrected chi connectivity index (χ4v) is 1.63. The van der Waals surface area contributed by atoms with Crippen molar-refractivity contribution in [3.63, 3.8) is 0 Å². The van der Waals surface area contributed by atoms with Crippen LogP contribution in [0.5, 0.6) is 5.75 Å². The number of ether oxygens (including phenoxy) is 1. The van der Waals surface area contributed by atoms with Crippen molar-refractivity contribution in [1.29, 1.82) is 0 Å². The number of pyridine rings is 1. The van der Waals surface area contributed by atoms with E-state index in [2.05, 4.69) is 4.98 Å². The third kappa shape index (κ3) is 2.44. The average Bonchev–Trinajstić information content (AvgIpc) is 2.38. The van der Waals surface area contributed by atoms with Gasteiger partial charge in [0.1, 0.15) is 5.75 Å². The highest BCUT2D eigenvalue weighted by molar-refractivity contribution is 5.92. The third-order valence-electron chi connectivity index (χ3n) is 2.61. The van der Waals surface area contributed by atoms with E-state index in [-0.39, 0.29) is 11.2 Å². The second-order valence-electron chi connectivity index (χ2n) is 3.90. The number of carbonyl (C=O) groups is 1. The number of nitrogens with two attached hydrogens (primary N) is 1. The monoisotopic (exact) mass is 261 g/mol. The lowest BCUT2D eigenvalue weighted by Gasteiger charge is -2.13. The van der Waals surface area contributed by atoms with Gasteiger partial charge >= 0.3 is 0 Å². The highest BCUT2D eigenvalue weighted by Gasteiger charge is 2.18. The molecule has 1 aromatic heterocycles. The summed E-state index contributed by atoms with van der Waals surface area (Å²) in [6.07, 6.45) is 0.626. The Labute approximate surface area is 108 Å². The van der Waals surface area contributed by atoms with E-state index in [1.807, 2.05) is 0 Å². The van der Waals surface area contributed by atoms with Crippen molar-refractivity contribution < 1.29 is 14.5 Å². The van der Waals surface area contributed by atoms with E-state index < -0.39 is 16.9 Å². The summed E-state index contributed by atoms with van der Waals surface area (Å²) in [6, 6.07) is 5.99. The zero-order chi connectivity index (χ0) is 14.0. The Morgan fingerprint density at radius 2 is 2.21 bits per heavy atom. The van der Waals surface area contributed by atoms with E-state index in [4.69, 9.17) is 10.5 Å². The number of hydrogen-bond donors (Lipinski definition) is 1. The number of hydrogen-bond acceptors (Lipinski definition) is 5. The average molecular weight is 261 g/mol. The molecule has 1 unspecified atom stereocenters. The summed E-state index contributed by atoms with van der Waals surface area (Å²) in [5.41, 5.74) is 5.21. The second kappa shape index (κ2) is 4.89. The van der Waals surface area contributed by atoms with Crippen LogP contribution in [0.15, 0.2) is 30.5 Å². The molecule has 19 heavy (non-hydrogen) atoms. The van der Waals surface area contributed by atoms with Gasteiger partial charge in [0.05, 0.1) is 4.92 Å². The molecule has 0 saturated carbocycles. The Kier molecular flexibility index (Phi) is 3.28. The Balaban J connectivity index is 2.55. The molecule has 0 aliphatic carbocycles. The summed E-state index contributed by atoms with van der Waals surface area (Å²) in [5.74, 6) is -0.282. The van der Waals surface area contributed by atoms with Crippen molar-refractivity contribution in [3.8, 4) is 5.75 Å². The number of rotatable bonds is 4. The number of nitro groups is 1. The standard InChI is InChI=1S/C12H11N3O4/c1-7(12(13)16)19-10-5-4-9(15(17)18)11-8(10)3-2-6-14-11/h2-7H,1H3,(H2,13,16). The summed E-state index contributed by atoms with van der Waals surface area (Å²) >= 11 is 0. The van der Waals surface area contributed by atoms with Gasteiger partial charge in [0.25, 0.3) is 11.6 Å². The van der Waals surface area contributed by atoms with Gasteiger partial charge in [-0.15, -0.1) is 0 Å². The smallest absolute Gasteiger partial charge is 0.295 e. The van der Waals surface area contributed by atoms with Gasteiger partial charge in [-0.3, -0.25) is 14.9 Å². The van der Waals surface area contributed by atoms with Crippen LogP contribution in [0.4, 0.5) is 5.69 Å². The zero-order valence-electron chi connectivity index (χ0n) is 10.1. The molecule has 7 nitrogen and oxygen atoms in total. The Hall–Kier alpha value is -2.70. The number of nitrogens with zero attached hydrogens (tertiary/aromatic N) is 2. The number of amides is 1. The maximum atomic E-state index is 11.0. The van der Waals surface area contributed by atoms with E-state index in [0.717, 1.165) is 0 Å². The molecule has 2 aromatic rings. The van der Waals surface area contributed by atoms with Gasteiger partial charge in [-0.1, -0.05) is 0 Å². The molecule has 1 amide bonds. The maximum Gasteiger partial charge on any atom is 0.295 e. The van der Waals surface area contributed by atoms with Crippen LogP contribution in [0.3, 0.4) is 0 Å². The first-order valence-corrected chi connectivity index (χ1v) is 5.49. The van der Waals surface area contributed by atoms with Crippen molar-refractivity contribution in [2.75, 3.05) is 0 Å². The second-order valence-corrected chi connectivity index (χ2v) is 3.90.